The van der Waals surface area contributed by atoms with Crippen molar-refractivity contribution in [2.45, 2.75) is 26.4 Å². The number of aromatic nitrogens is 2. The Hall–Kier alpha value is -2.96. The molecule has 0 fully saturated rings. The average Bonchev–Trinajstić information content (AvgIpc) is 2.55. The van der Waals surface area contributed by atoms with Gasteiger partial charge in [-0.2, -0.15) is 5.10 Å². The Morgan fingerprint density at radius 1 is 1.17 bits per heavy atom. The fraction of sp³-hybridized carbons (Fsp3) is 0.294. The third kappa shape index (κ3) is 4.28. The average molecular weight is 329 g/mol. The second-order valence-electron chi connectivity index (χ2n) is 5.71. The summed E-state index contributed by atoms with van der Waals surface area (Å²) in [6, 6.07) is 11.2. The van der Waals surface area contributed by atoms with Gasteiger partial charge in [-0.1, -0.05) is 44.2 Å². The normalized spacial score (nSPS) is 12.0. The van der Waals surface area contributed by atoms with Gasteiger partial charge in [0.1, 0.15) is 12.6 Å². The Kier molecular flexibility index (Phi) is 5.47. The molecule has 1 heterocycles. The molecule has 2 aromatic rings. The first kappa shape index (κ1) is 17.4. The number of carboxylic acid groups (broad SMARTS) is 1. The second-order valence-corrected chi connectivity index (χ2v) is 5.71. The van der Waals surface area contributed by atoms with E-state index in [4.69, 9.17) is 5.11 Å². The van der Waals surface area contributed by atoms with Crippen molar-refractivity contribution in [2.24, 2.45) is 5.92 Å². The van der Waals surface area contributed by atoms with Gasteiger partial charge in [0.2, 0.25) is 5.91 Å². The van der Waals surface area contributed by atoms with E-state index in [2.05, 4.69) is 10.4 Å². The van der Waals surface area contributed by atoms with Crippen LogP contribution in [0.15, 0.2) is 47.3 Å². The van der Waals surface area contributed by atoms with Crippen LogP contribution in [0.1, 0.15) is 13.8 Å². The molecule has 0 aliphatic heterocycles. The van der Waals surface area contributed by atoms with Gasteiger partial charge in [-0.05, 0) is 12.0 Å². The van der Waals surface area contributed by atoms with Crippen molar-refractivity contribution >= 4 is 11.9 Å². The summed E-state index contributed by atoms with van der Waals surface area (Å²) in [5.74, 6) is -1.96. The largest absolute Gasteiger partial charge is 0.480 e. The molecule has 1 atom stereocenters. The van der Waals surface area contributed by atoms with Crippen molar-refractivity contribution in [1.82, 2.24) is 15.1 Å². The van der Waals surface area contributed by atoms with Gasteiger partial charge >= 0.3 is 5.97 Å². The molecule has 7 heteroatoms. The van der Waals surface area contributed by atoms with E-state index >= 15 is 0 Å². The van der Waals surface area contributed by atoms with E-state index in [0.717, 1.165) is 10.2 Å². The van der Waals surface area contributed by atoms with E-state index in [9.17, 15) is 14.4 Å². The van der Waals surface area contributed by atoms with Gasteiger partial charge in [0, 0.05) is 11.6 Å². The second kappa shape index (κ2) is 7.54. The molecule has 1 aromatic heterocycles. The lowest BCUT2D eigenvalue weighted by Crippen LogP contribution is -2.46. The summed E-state index contributed by atoms with van der Waals surface area (Å²) in [5, 5.41) is 15.7. The summed E-state index contributed by atoms with van der Waals surface area (Å²) < 4.78 is 1.02. The monoisotopic (exact) mass is 329 g/mol. The number of hydrogen-bond acceptors (Lipinski definition) is 4. The maximum absolute atomic E-state index is 12.1. The minimum absolute atomic E-state index is 0.271. The molecular weight excluding hydrogens is 310 g/mol. The van der Waals surface area contributed by atoms with E-state index < -0.39 is 23.5 Å². The van der Waals surface area contributed by atoms with E-state index in [1.54, 1.807) is 19.9 Å². The maximum atomic E-state index is 12.1. The first-order valence-electron chi connectivity index (χ1n) is 7.54. The smallest absolute Gasteiger partial charge is 0.326 e. The lowest BCUT2D eigenvalue weighted by atomic mass is 10.1. The number of amides is 1. The molecule has 0 aliphatic rings. The summed E-state index contributed by atoms with van der Waals surface area (Å²) in [5.41, 5.74) is 0.945. The van der Waals surface area contributed by atoms with Crippen molar-refractivity contribution in [3.05, 3.63) is 52.8 Å². The molecule has 1 amide bonds. The molecule has 1 aromatic carbocycles. The number of nitrogens with one attached hydrogen (secondary N) is 1. The molecule has 126 valence electrons. The van der Waals surface area contributed by atoms with Crippen molar-refractivity contribution < 1.29 is 14.7 Å². The number of carboxylic acids is 1. The number of rotatable bonds is 6. The Labute approximate surface area is 138 Å². The highest BCUT2D eigenvalue weighted by molar-refractivity contribution is 5.83. The molecule has 0 spiro atoms. The van der Waals surface area contributed by atoms with Crippen molar-refractivity contribution in [3.63, 3.8) is 0 Å². The van der Waals surface area contributed by atoms with Crippen LogP contribution < -0.4 is 10.9 Å². The van der Waals surface area contributed by atoms with Gasteiger partial charge < -0.3 is 10.4 Å². The van der Waals surface area contributed by atoms with Crippen molar-refractivity contribution in [1.29, 1.82) is 0 Å². The SMILES string of the molecule is CC(C)[C@@H](NC(=O)Cn1nc(-c2ccccc2)ccc1=O)C(=O)O. The van der Waals surface area contributed by atoms with E-state index in [1.807, 2.05) is 30.3 Å². The zero-order valence-corrected chi connectivity index (χ0v) is 13.5. The van der Waals surface area contributed by atoms with E-state index in [0.29, 0.717) is 5.69 Å². The molecule has 0 saturated heterocycles. The van der Waals surface area contributed by atoms with Crippen LogP contribution in [-0.2, 0) is 16.1 Å². The first-order valence-corrected chi connectivity index (χ1v) is 7.54. The van der Waals surface area contributed by atoms with Gasteiger partial charge in [-0.25, -0.2) is 9.48 Å². The Morgan fingerprint density at radius 3 is 2.42 bits per heavy atom. The van der Waals surface area contributed by atoms with Crippen LogP contribution in [-0.4, -0.2) is 32.8 Å². The van der Waals surface area contributed by atoms with Crippen molar-refractivity contribution in [2.75, 3.05) is 0 Å². The van der Waals surface area contributed by atoms with Crippen LogP contribution in [0.4, 0.5) is 0 Å². The van der Waals surface area contributed by atoms with Crippen LogP contribution in [0.3, 0.4) is 0 Å². The Morgan fingerprint density at radius 2 is 1.83 bits per heavy atom. The van der Waals surface area contributed by atoms with Crippen molar-refractivity contribution in [3.8, 4) is 11.3 Å². The van der Waals surface area contributed by atoms with Gasteiger partial charge in [0.25, 0.3) is 5.56 Å². The molecule has 0 radical (unpaired) electrons. The highest BCUT2D eigenvalue weighted by atomic mass is 16.4. The number of carbonyl (C=O) groups is 2. The van der Waals surface area contributed by atoms with Gasteiger partial charge in [0.15, 0.2) is 0 Å². The number of carbonyl (C=O) groups excluding carboxylic acids is 1. The first-order chi connectivity index (χ1) is 11.4. The summed E-state index contributed by atoms with van der Waals surface area (Å²) >= 11 is 0. The Balaban J connectivity index is 2.19. The zero-order chi connectivity index (χ0) is 17.7. The highest BCUT2D eigenvalue weighted by Crippen LogP contribution is 2.13. The summed E-state index contributed by atoms with van der Waals surface area (Å²) in [4.78, 5) is 35.1. The lowest BCUT2D eigenvalue weighted by molar-refractivity contribution is -0.143. The summed E-state index contributed by atoms with van der Waals surface area (Å²) in [6.07, 6.45) is 0. The van der Waals surface area contributed by atoms with Crippen LogP contribution in [0.2, 0.25) is 0 Å². The topological polar surface area (TPSA) is 101 Å². The molecule has 2 rings (SSSR count). The van der Waals surface area contributed by atoms with Gasteiger partial charge in [-0.3, -0.25) is 9.59 Å². The zero-order valence-electron chi connectivity index (χ0n) is 13.5. The highest BCUT2D eigenvalue weighted by Gasteiger charge is 2.23. The van der Waals surface area contributed by atoms with Crippen LogP contribution >= 0.6 is 0 Å². The van der Waals surface area contributed by atoms with Crippen LogP contribution in [0.5, 0.6) is 0 Å². The number of aliphatic carboxylic acids is 1. The number of benzene rings is 1. The quantitative estimate of drug-likeness (QED) is 0.827. The molecule has 0 aliphatic carbocycles. The minimum atomic E-state index is -1.11. The molecule has 24 heavy (non-hydrogen) atoms. The van der Waals surface area contributed by atoms with Crippen LogP contribution in [0, 0.1) is 5.92 Å². The fourth-order valence-corrected chi connectivity index (χ4v) is 2.19. The number of nitrogens with zero attached hydrogens (tertiary/aromatic N) is 2. The van der Waals surface area contributed by atoms with E-state index in [-0.39, 0.29) is 12.5 Å². The Bertz CT molecular complexity index is 784. The summed E-state index contributed by atoms with van der Waals surface area (Å²) in [6.45, 7) is 3.05. The third-order valence-electron chi connectivity index (χ3n) is 3.48. The molecule has 0 saturated carbocycles. The fourth-order valence-electron chi connectivity index (χ4n) is 2.19. The third-order valence-corrected chi connectivity index (χ3v) is 3.48. The molecule has 0 bridgehead atoms. The molecule has 7 nitrogen and oxygen atoms in total. The minimum Gasteiger partial charge on any atom is -0.480 e. The molecular formula is C17H19N3O4. The number of hydrogen-bond donors (Lipinski definition) is 2. The predicted octanol–water partition coefficient (Wildman–Crippen LogP) is 1.14. The molecule has 2 N–H and O–H groups in total. The van der Waals surface area contributed by atoms with Gasteiger partial charge in [0.05, 0.1) is 5.69 Å². The van der Waals surface area contributed by atoms with Gasteiger partial charge in [-0.15, -0.1) is 0 Å². The predicted molar refractivity (Wildman–Crippen MR) is 88.3 cm³/mol. The van der Waals surface area contributed by atoms with Crippen LogP contribution in [0.25, 0.3) is 11.3 Å². The standard InChI is InChI=1S/C17H19N3O4/c1-11(2)16(17(23)24)18-14(21)10-20-15(22)9-8-13(19-20)12-6-4-3-5-7-12/h3-9,11,16H,10H2,1-2H3,(H,18,21)(H,23,24)/t16-/m1/s1. The lowest BCUT2D eigenvalue weighted by Gasteiger charge is -2.18. The van der Waals surface area contributed by atoms with E-state index in [1.165, 1.54) is 6.07 Å². The maximum Gasteiger partial charge on any atom is 0.326 e. The molecule has 0 unspecified atom stereocenters. The summed E-state index contributed by atoms with van der Waals surface area (Å²) in [7, 11) is 0.